The van der Waals surface area contributed by atoms with Gasteiger partial charge >= 0.3 is 0 Å². The first-order chi connectivity index (χ1) is 10.7. The molecule has 3 rings (SSSR count). The highest BCUT2D eigenvalue weighted by atomic mass is 19.1. The highest BCUT2D eigenvalue weighted by molar-refractivity contribution is 5.86. The Balaban J connectivity index is 1.96. The maximum atomic E-state index is 13.7. The summed E-state index contributed by atoms with van der Waals surface area (Å²) in [5.41, 5.74) is 0.714. The van der Waals surface area contributed by atoms with Gasteiger partial charge in [0.15, 0.2) is 11.6 Å². The number of halogens is 2. The molecule has 0 spiro atoms. The zero-order valence-electron chi connectivity index (χ0n) is 11.9. The van der Waals surface area contributed by atoms with Crippen LogP contribution in [0.2, 0.25) is 0 Å². The predicted molar refractivity (Wildman–Crippen MR) is 78.3 cm³/mol. The van der Waals surface area contributed by atoms with E-state index in [0.717, 1.165) is 23.9 Å². The fourth-order valence-electron chi connectivity index (χ4n) is 2.07. The fraction of sp³-hybridized carbons (Fsp3) is 0.188. The van der Waals surface area contributed by atoms with Gasteiger partial charge in [-0.3, -0.25) is 5.10 Å². The Kier molecular flexibility index (Phi) is 3.91. The third-order valence-electron chi connectivity index (χ3n) is 3.08. The van der Waals surface area contributed by atoms with Crippen LogP contribution < -0.4 is 9.47 Å². The Morgan fingerprint density at radius 1 is 1.14 bits per heavy atom. The molecule has 1 N–H and O–H groups in total. The van der Waals surface area contributed by atoms with Gasteiger partial charge in [0.05, 0.1) is 23.7 Å². The van der Waals surface area contributed by atoms with Crippen molar-refractivity contribution in [1.82, 2.24) is 10.2 Å². The first-order valence-corrected chi connectivity index (χ1v) is 6.90. The second kappa shape index (κ2) is 6.01. The number of aromatic amines is 1. The van der Waals surface area contributed by atoms with Gasteiger partial charge in [0.1, 0.15) is 17.3 Å². The van der Waals surface area contributed by atoms with Crippen LogP contribution in [0.15, 0.2) is 36.5 Å². The van der Waals surface area contributed by atoms with Crippen molar-refractivity contribution in [3.05, 3.63) is 48.2 Å². The summed E-state index contributed by atoms with van der Waals surface area (Å²) in [6.07, 6.45) is 2.51. The molecule has 0 amide bonds. The Labute approximate surface area is 125 Å². The van der Waals surface area contributed by atoms with Crippen molar-refractivity contribution in [2.75, 3.05) is 6.61 Å². The molecule has 0 saturated heterocycles. The Bertz CT molecular complexity index is 802. The SMILES string of the molecule is CCCOc1cc(Oc2ccc(F)cc2F)cc2[nH]ncc12. The van der Waals surface area contributed by atoms with Crippen LogP contribution in [0.4, 0.5) is 8.78 Å². The first kappa shape index (κ1) is 14.3. The van der Waals surface area contributed by atoms with E-state index in [1.807, 2.05) is 6.92 Å². The topological polar surface area (TPSA) is 47.1 Å². The molecule has 114 valence electrons. The summed E-state index contributed by atoms with van der Waals surface area (Å²) in [4.78, 5) is 0. The average Bonchev–Trinajstić information content (AvgIpc) is 2.96. The minimum atomic E-state index is -0.763. The van der Waals surface area contributed by atoms with Crippen LogP contribution in [-0.4, -0.2) is 16.8 Å². The highest BCUT2D eigenvalue weighted by Crippen LogP contribution is 2.33. The highest BCUT2D eigenvalue weighted by Gasteiger charge is 2.11. The van der Waals surface area contributed by atoms with Gasteiger partial charge in [0.2, 0.25) is 0 Å². The van der Waals surface area contributed by atoms with Gasteiger partial charge in [-0.05, 0) is 18.6 Å². The van der Waals surface area contributed by atoms with Crippen LogP contribution in [0.5, 0.6) is 17.2 Å². The number of hydrogen-bond acceptors (Lipinski definition) is 3. The summed E-state index contributed by atoms with van der Waals surface area (Å²) >= 11 is 0. The minimum Gasteiger partial charge on any atom is -0.493 e. The normalized spacial score (nSPS) is 10.9. The fourth-order valence-corrected chi connectivity index (χ4v) is 2.07. The number of fused-ring (bicyclic) bond motifs is 1. The van der Waals surface area contributed by atoms with Crippen LogP contribution in [0.1, 0.15) is 13.3 Å². The zero-order chi connectivity index (χ0) is 15.5. The predicted octanol–water partition coefficient (Wildman–Crippen LogP) is 4.42. The standard InChI is InChI=1S/C16H14F2N2O2/c1-2-5-21-16-8-11(7-14-12(16)9-19-20-14)22-15-4-3-10(17)6-13(15)18/h3-4,6-9H,2,5H2,1H3,(H,19,20). The molecule has 0 aliphatic heterocycles. The Morgan fingerprint density at radius 3 is 2.77 bits per heavy atom. The second-order valence-corrected chi connectivity index (χ2v) is 4.78. The lowest BCUT2D eigenvalue weighted by molar-refractivity contribution is 0.319. The Morgan fingerprint density at radius 2 is 2.00 bits per heavy atom. The number of ether oxygens (including phenoxy) is 2. The maximum Gasteiger partial charge on any atom is 0.168 e. The third kappa shape index (κ3) is 2.86. The molecule has 2 aromatic carbocycles. The number of hydrogen-bond donors (Lipinski definition) is 1. The number of benzene rings is 2. The lowest BCUT2D eigenvalue weighted by Crippen LogP contribution is -1.96. The van der Waals surface area contributed by atoms with E-state index in [4.69, 9.17) is 9.47 Å². The van der Waals surface area contributed by atoms with Gasteiger partial charge in [-0.15, -0.1) is 0 Å². The van der Waals surface area contributed by atoms with E-state index in [0.29, 0.717) is 23.6 Å². The molecule has 0 bridgehead atoms. The number of nitrogens with one attached hydrogen (secondary N) is 1. The molecule has 0 atom stereocenters. The number of H-pyrrole nitrogens is 1. The molecule has 0 fully saturated rings. The van der Waals surface area contributed by atoms with Crippen molar-refractivity contribution < 1.29 is 18.3 Å². The largest absolute Gasteiger partial charge is 0.493 e. The van der Waals surface area contributed by atoms with Gasteiger partial charge in [-0.2, -0.15) is 5.10 Å². The molecule has 0 saturated carbocycles. The molecule has 0 aliphatic carbocycles. The lowest BCUT2D eigenvalue weighted by atomic mass is 10.2. The third-order valence-corrected chi connectivity index (χ3v) is 3.08. The second-order valence-electron chi connectivity index (χ2n) is 4.78. The molecule has 22 heavy (non-hydrogen) atoms. The number of rotatable bonds is 5. The molecule has 1 heterocycles. The molecule has 3 aromatic rings. The maximum absolute atomic E-state index is 13.7. The molecular weight excluding hydrogens is 290 g/mol. The summed E-state index contributed by atoms with van der Waals surface area (Å²) in [7, 11) is 0. The molecular formula is C16H14F2N2O2. The average molecular weight is 304 g/mol. The van der Waals surface area contributed by atoms with E-state index in [9.17, 15) is 8.78 Å². The monoisotopic (exact) mass is 304 g/mol. The lowest BCUT2D eigenvalue weighted by Gasteiger charge is -2.10. The van der Waals surface area contributed by atoms with E-state index in [1.54, 1.807) is 18.3 Å². The summed E-state index contributed by atoms with van der Waals surface area (Å²) < 4.78 is 37.8. The zero-order valence-corrected chi connectivity index (χ0v) is 11.9. The van der Waals surface area contributed by atoms with Crippen molar-refractivity contribution >= 4 is 10.9 Å². The molecule has 0 aliphatic rings. The van der Waals surface area contributed by atoms with E-state index in [2.05, 4.69) is 10.2 Å². The number of aromatic nitrogens is 2. The van der Waals surface area contributed by atoms with Gasteiger partial charge in [-0.1, -0.05) is 6.92 Å². The van der Waals surface area contributed by atoms with Crippen molar-refractivity contribution in [2.24, 2.45) is 0 Å². The molecule has 0 unspecified atom stereocenters. The van der Waals surface area contributed by atoms with E-state index in [1.165, 1.54) is 6.07 Å². The van der Waals surface area contributed by atoms with Crippen molar-refractivity contribution in [3.63, 3.8) is 0 Å². The van der Waals surface area contributed by atoms with Crippen LogP contribution >= 0.6 is 0 Å². The summed E-state index contributed by atoms with van der Waals surface area (Å²) in [5, 5.41) is 7.61. The van der Waals surface area contributed by atoms with Crippen LogP contribution in [-0.2, 0) is 0 Å². The van der Waals surface area contributed by atoms with E-state index >= 15 is 0 Å². The van der Waals surface area contributed by atoms with Crippen molar-refractivity contribution in [3.8, 4) is 17.2 Å². The van der Waals surface area contributed by atoms with E-state index < -0.39 is 11.6 Å². The summed E-state index contributed by atoms with van der Waals surface area (Å²) in [5.74, 6) is -0.484. The van der Waals surface area contributed by atoms with Crippen molar-refractivity contribution in [1.29, 1.82) is 0 Å². The van der Waals surface area contributed by atoms with Gasteiger partial charge < -0.3 is 9.47 Å². The summed E-state index contributed by atoms with van der Waals surface area (Å²) in [6.45, 7) is 2.55. The minimum absolute atomic E-state index is 0.0540. The summed E-state index contributed by atoms with van der Waals surface area (Å²) in [6, 6.07) is 6.51. The molecule has 6 heteroatoms. The molecule has 1 aromatic heterocycles. The van der Waals surface area contributed by atoms with Crippen molar-refractivity contribution in [2.45, 2.75) is 13.3 Å². The van der Waals surface area contributed by atoms with Gasteiger partial charge in [0.25, 0.3) is 0 Å². The van der Waals surface area contributed by atoms with Crippen LogP contribution in [0.3, 0.4) is 0 Å². The molecule has 4 nitrogen and oxygen atoms in total. The smallest absolute Gasteiger partial charge is 0.168 e. The van der Waals surface area contributed by atoms with Crippen LogP contribution in [0, 0.1) is 11.6 Å². The quantitative estimate of drug-likeness (QED) is 0.759. The van der Waals surface area contributed by atoms with E-state index in [-0.39, 0.29) is 5.75 Å². The molecule has 0 radical (unpaired) electrons. The van der Waals surface area contributed by atoms with Crippen LogP contribution in [0.25, 0.3) is 10.9 Å². The Hall–Kier alpha value is -2.63. The number of nitrogens with zero attached hydrogens (tertiary/aromatic N) is 1. The van der Waals surface area contributed by atoms with Gasteiger partial charge in [0, 0.05) is 18.2 Å². The van der Waals surface area contributed by atoms with Gasteiger partial charge in [-0.25, -0.2) is 8.78 Å². The first-order valence-electron chi connectivity index (χ1n) is 6.90.